The van der Waals surface area contributed by atoms with E-state index in [-0.39, 0.29) is 5.91 Å². The van der Waals surface area contributed by atoms with Gasteiger partial charge >= 0.3 is 0 Å². The van der Waals surface area contributed by atoms with Crippen LogP contribution in [0.5, 0.6) is 0 Å². The van der Waals surface area contributed by atoms with E-state index in [9.17, 15) is 4.79 Å². The minimum absolute atomic E-state index is 0.272. The van der Waals surface area contributed by atoms with Gasteiger partial charge in [-0.2, -0.15) is 0 Å². The van der Waals surface area contributed by atoms with Crippen molar-refractivity contribution < 1.29 is 4.79 Å². The molecule has 1 amide bonds. The predicted octanol–water partition coefficient (Wildman–Crippen LogP) is 3.19. The largest absolute Gasteiger partial charge is 0.357 e. The van der Waals surface area contributed by atoms with Gasteiger partial charge in [0, 0.05) is 37.1 Å². The van der Waals surface area contributed by atoms with Crippen LogP contribution in [0.2, 0.25) is 0 Å². The highest BCUT2D eigenvalue weighted by atomic mass is 32.1. The predicted molar refractivity (Wildman–Crippen MR) is 85.3 cm³/mol. The number of thiazole rings is 1. The lowest BCUT2D eigenvalue weighted by Crippen LogP contribution is -2.24. The van der Waals surface area contributed by atoms with Crippen molar-refractivity contribution >= 4 is 22.4 Å². The molecule has 1 N–H and O–H groups in total. The van der Waals surface area contributed by atoms with Crippen molar-refractivity contribution in [2.75, 3.05) is 11.9 Å². The van der Waals surface area contributed by atoms with Crippen LogP contribution in [-0.4, -0.2) is 22.3 Å². The molecule has 1 aromatic heterocycles. The molecule has 0 unspecified atom stereocenters. The Morgan fingerprint density at radius 2 is 2.14 bits per heavy atom. The van der Waals surface area contributed by atoms with Crippen molar-refractivity contribution in [3.63, 3.8) is 0 Å². The monoisotopic (exact) mass is 301 g/mol. The standard InChI is InChI=1S/C16H19N3OS/c1-12-9-17-16(21-12)18-10-13-5-2-3-6-14(13)11-19-8-4-7-15(19)20/h2-3,5-6,9H,4,7-8,10-11H2,1H3,(H,17,18). The van der Waals surface area contributed by atoms with Gasteiger partial charge < -0.3 is 10.2 Å². The number of hydrogen-bond donors (Lipinski definition) is 1. The fraction of sp³-hybridized carbons (Fsp3) is 0.375. The minimum atomic E-state index is 0.272. The number of hydrogen-bond acceptors (Lipinski definition) is 4. The van der Waals surface area contributed by atoms with E-state index in [1.807, 2.05) is 23.2 Å². The Morgan fingerprint density at radius 3 is 2.81 bits per heavy atom. The van der Waals surface area contributed by atoms with Crippen molar-refractivity contribution in [1.82, 2.24) is 9.88 Å². The van der Waals surface area contributed by atoms with E-state index in [1.54, 1.807) is 11.3 Å². The van der Waals surface area contributed by atoms with Gasteiger partial charge in [0.2, 0.25) is 5.91 Å². The zero-order valence-electron chi connectivity index (χ0n) is 12.1. The molecule has 0 spiro atoms. The third kappa shape index (κ3) is 3.42. The molecule has 1 aliphatic heterocycles. The molecular weight excluding hydrogens is 282 g/mol. The Kier molecular flexibility index (Phi) is 4.20. The Labute approximate surface area is 128 Å². The molecule has 110 valence electrons. The summed E-state index contributed by atoms with van der Waals surface area (Å²) in [5, 5.41) is 4.31. The van der Waals surface area contributed by atoms with Crippen molar-refractivity contribution in [2.24, 2.45) is 0 Å². The Balaban J connectivity index is 1.68. The van der Waals surface area contributed by atoms with Gasteiger partial charge in [0.1, 0.15) is 0 Å². The molecule has 0 atom stereocenters. The summed E-state index contributed by atoms with van der Waals surface area (Å²) < 4.78 is 0. The summed E-state index contributed by atoms with van der Waals surface area (Å²) >= 11 is 1.66. The van der Waals surface area contributed by atoms with E-state index in [0.717, 1.165) is 24.6 Å². The number of carbonyl (C=O) groups excluding carboxylic acids is 1. The van der Waals surface area contributed by atoms with Gasteiger partial charge in [-0.05, 0) is 24.5 Å². The molecule has 4 nitrogen and oxygen atoms in total. The molecule has 0 radical (unpaired) electrons. The van der Waals surface area contributed by atoms with Gasteiger partial charge in [-0.1, -0.05) is 24.3 Å². The quantitative estimate of drug-likeness (QED) is 0.922. The molecular formula is C16H19N3OS. The number of amides is 1. The van der Waals surface area contributed by atoms with E-state index in [0.29, 0.717) is 13.0 Å². The number of nitrogens with zero attached hydrogens (tertiary/aromatic N) is 2. The molecule has 2 aromatic rings. The lowest BCUT2D eigenvalue weighted by atomic mass is 10.1. The zero-order valence-corrected chi connectivity index (χ0v) is 12.9. The van der Waals surface area contributed by atoms with Crippen molar-refractivity contribution in [2.45, 2.75) is 32.9 Å². The summed E-state index contributed by atoms with van der Waals surface area (Å²) in [5.74, 6) is 0.272. The van der Waals surface area contributed by atoms with E-state index in [1.165, 1.54) is 16.0 Å². The van der Waals surface area contributed by atoms with Crippen LogP contribution in [-0.2, 0) is 17.9 Å². The number of rotatable bonds is 5. The van der Waals surface area contributed by atoms with Crippen LogP contribution in [0.1, 0.15) is 28.8 Å². The van der Waals surface area contributed by atoms with Crippen LogP contribution in [0.3, 0.4) is 0 Å². The first-order valence-corrected chi connectivity index (χ1v) is 8.05. The van der Waals surface area contributed by atoms with Crippen LogP contribution in [0, 0.1) is 6.92 Å². The van der Waals surface area contributed by atoms with Gasteiger partial charge in [-0.15, -0.1) is 11.3 Å². The molecule has 2 heterocycles. The Hall–Kier alpha value is -1.88. The molecule has 1 saturated heterocycles. The maximum absolute atomic E-state index is 11.8. The summed E-state index contributed by atoms with van der Waals surface area (Å²) in [6, 6.07) is 8.30. The first-order chi connectivity index (χ1) is 10.2. The first kappa shape index (κ1) is 14.1. The zero-order chi connectivity index (χ0) is 14.7. The number of benzene rings is 1. The molecule has 1 fully saturated rings. The summed E-state index contributed by atoms with van der Waals surface area (Å²) in [6.45, 7) is 4.39. The summed E-state index contributed by atoms with van der Waals surface area (Å²) in [5.41, 5.74) is 2.44. The van der Waals surface area contributed by atoms with Gasteiger partial charge in [0.25, 0.3) is 0 Å². The van der Waals surface area contributed by atoms with E-state index in [4.69, 9.17) is 0 Å². The third-order valence-corrected chi connectivity index (χ3v) is 4.57. The first-order valence-electron chi connectivity index (χ1n) is 7.23. The molecule has 0 aliphatic carbocycles. The Morgan fingerprint density at radius 1 is 1.33 bits per heavy atom. The molecule has 21 heavy (non-hydrogen) atoms. The lowest BCUT2D eigenvalue weighted by Gasteiger charge is -2.18. The fourth-order valence-electron chi connectivity index (χ4n) is 2.57. The molecule has 1 aliphatic rings. The lowest BCUT2D eigenvalue weighted by molar-refractivity contribution is -0.128. The SMILES string of the molecule is Cc1cnc(NCc2ccccc2CN2CCCC2=O)s1. The topological polar surface area (TPSA) is 45.2 Å². The summed E-state index contributed by atoms with van der Waals surface area (Å²) in [7, 11) is 0. The number of aryl methyl sites for hydroxylation is 1. The second-order valence-electron chi connectivity index (χ2n) is 5.32. The number of carbonyl (C=O) groups is 1. The smallest absolute Gasteiger partial charge is 0.222 e. The van der Waals surface area contributed by atoms with Gasteiger partial charge in [0.05, 0.1) is 0 Å². The number of aromatic nitrogens is 1. The second kappa shape index (κ2) is 6.26. The third-order valence-electron chi connectivity index (χ3n) is 3.70. The molecule has 3 rings (SSSR count). The summed E-state index contributed by atoms with van der Waals surface area (Å²) in [6.07, 6.45) is 3.55. The highest BCUT2D eigenvalue weighted by Crippen LogP contribution is 2.20. The number of likely N-dealkylation sites (tertiary alicyclic amines) is 1. The maximum Gasteiger partial charge on any atom is 0.222 e. The highest BCUT2D eigenvalue weighted by molar-refractivity contribution is 7.15. The van der Waals surface area contributed by atoms with Crippen LogP contribution in [0.4, 0.5) is 5.13 Å². The molecule has 5 heteroatoms. The maximum atomic E-state index is 11.8. The molecule has 0 bridgehead atoms. The van der Waals surface area contributed by atoms with E-state index in [2.05, 4.69) is 29.4 Å². The van der Waals surface area contributed by atoms with Crippen LogP contribution in [0.15, 0.2) is 30.5 Å². The van der Waals surface area contributed by atoms with Crippen molar-refractivity contribution in [1.29, 1.82) is 0 Å². The number of anilines is 1. The fourth-order valence-corrected chi connectivity index (χ4v) is 3.23. The average molecular weight is 301 g/mol. The summed E-state index contributed by atoms with van der Waals surface area (Å²) in [4.78, 5) is 19.2. The van der Waals surface area contributed by atoms with Crippen LogP contribution >= 0.6 is 11.3 Å². The van der Waals surface area contributed by atoms with Crippen LogP contribution < -0.4 is 5.32 Å². The van der Waals surface area contributed by atoms with Crippen molar-refractivity contribution in [3.8, 4) is 0 Å². The van der Waals surface area contributed by atoms with Gasteiger partial charge in [-0.25, -0.2) is 4.98 Å². The molecule has 1 aromatic carbocycles. The Bertz CT molecular complexity index is 638. The molecule has 0 saturated carbocycles. The van der Waals surface area contributed by atoms with Crippen molar-refractivity contribution in [3.05, 3.63) is 46.5 Å². The van der Waals surface area contributed by atoms with Gasteiger partial charge in [-0.3, -0.25) is 4.79 Å². The average Bonchev–Trinajstić information content (AvgIpc) is 3.07. The van der Waals surface area contributed by atoms with Gasteiger partial charge in [0.15, 0.2) is 5.13 Å². The van der Waals surface area contributed by atoms with Crippen LogP contribution in [0.25, 0.3) is 0 Å². The van der Waals surface area contributed by atoms with E-state index >= 15 is 0 Å². The second-order valence-corrected chi connectivity index (χ2v) is 6.55. The normalized spacial score (nSPS) is 14.7. The minimum Gasteiger partial charge on any atom is -0.357 e. The highest BCUT2D eigenvalue weighted by Gasteiger charge is 2.20. The number of nitrogens with one attached hydrogen (secondary N) is 1. The van der Waals surface area contributed by atoms with E-state index < -0.39 is 0 Å².